The van der Waals surface area contributed by atoms with Gasteiger partial charge in [0.05, 0.1) is 0 Å². The third-order valence-electron chi connectivity index (χ3n) is 1.24. The molecule has 0 aliphatic rings. The lowest BCUT2D eigenvalue weighted by Gasteiger charge is -2.07. The third kappa shape index (κ3) is 2.01. The van der Waals surface area contributed by atoms with Gasteiger partial charge in [0.2, 0.25) is 11.6 Å². The highest BCUT2D eigenvalue weighted by Gasteiger charge is 2.17. The Morgan fingerprint density at radius 2 is 1.85 bits per heavy atom. The summed E-state index contributed by atoms with van der Waals surface area (Å²) >= 11 is 0. The molecule has 0 radical (unpaired) electrons. The lowest BCUT2D eigenvalue weighted by Crippen LogP contribution is -2.04. The van der Waals surface area contributed by atoms with Gasteiger partial charge in [0.15, 0.2) is 11.6 Å². The predicted octanol–water partition coefficient (Wildman–Crippen LogP) is 2.27. The number of alkyl halides is 2. The highest BCUT2D eigenvalue weighted by atomic mass is 19.3. The van der Waals surface area contributed by atoms with Crippen LogP contribution in [0.15, 0.2) is 12.1 Å². The van der Waals surface area contributed by atoms with E-state index in [4.69, 9.17) is 5.11 Å². The number of hydrogen-bond donors (Lipinski definition) is 1. The summed E-state index contributed by atoms with van der Waals surface area (Å²) in [5.41, 5.74) is 0. The first-order valence-corrected chi connectivity index (χ1v) is 3.14. The predicted molar refractivity (Wildman–Crippen MR) is 34.7 cm³/mol. The van der Waals surface area contributed by atoms with E-state index >= 15 is 0 Å². The van der Waals surface area contributed by atoms with Crippen molar-refractivity contribution in [3.63, 3.8) is 0 Å². The molecule has 0 fully saturated rings. The van der Waals surface area contributed by atoms with Crippen molar-refractivity contribution in [2.24, 2.45) is 0 Å². The second-order valence-electron chi connectivity index (χ2n) is 2.09. The number of halogens is 4. The van der Waals surface area contributed by atoms with Crippen molar-refractivity contribution >= 4 is 0 Å². The van der Waals surface area contributed by atoms with Crippen LogP contribution in [0, 0.1) is 11.6 Å². The van der Waals surface area contributed by atoms with Gasteiger partial charge in [-0.15, -0.1) is 0 Å². The molecule has 1 rings (SSSR count). The minimum Gasteiger partial charge on any atom is -0.504 e. The fraction of sp³-hybridized carbons (Fsp3) is 0.143. The number of aromatic hydroxyl groups is 1. The van der Waals surface area contributed by atoms with Gasteiger partial charge in [-0.25, -0.2) is 4.39 Å². The molecular formula is C7H4F4O2. The molecule has 0 bridgehead atoms. The Morgan fingerprint density at radius 1 is 1.23 bits per heavy atom. The summed E-state index contributed by atoms with van der Waals surface area (Å²) in [6, 6.07) is 1.32. The molecule has 1 aromatic carbocycles. The Balaban J connectivity index is 3.10. The maximum atomic E-state index is 12.6. The van der Waals surface area contributed by atoms with Crippen LogP contribution in [-0.2, 0) is 0 Å². The summed E-state index contributed by atoms with van der Waals surface area (Å²) in [6.07, 6.45) is 0. The summed E-state index contributed by atoms with van der Waals surface area (Å²) in [5, 5.41) is 8.80. The Hall–Kier alpha value is -1.46. The van der Waals surface area contributed by atoms with Gasteiger partial charge in [0.25, 0.3) is 0 Å². The van der Waals surface area contributed by atoms with E-state index in [2.05, 4.69) is 4.74 Å². The lowest BCUT2D eigenvalue weighted by atomic mass is 10.3. The van der Waals surface area contributed by atoms with Gasteiger partial charge >= 0.3 is 6.61 Å². The second kappa shape index (κ2) is 3.51. The van der Waals surface area contributed by atoms with E-state index in [-0.39, 0.29) is 0 Å². The molecule has 1 aromatic rings. The molecule has 6 heteroatoms. The number of hydrogen-bond acceptors (Lipinski definition) is 2. The molecule has 0 aliphatic heterocycles. The highest BCUT2D eigenvalue weighted by molar-refractivity contribution is 5.40. The zero-order valence-electron chi connectivity index (χ0n) is 6.10. The van der Waals surface area contributed by atoms with Crippen LogP contribution in [-0.4, -0.2) is 11.7 Å². The first-order chi connectivity index (χ1) is 6.02. The maximum absolute atomic E-state index is 12.6. The number of phenols is 1. The molecule has 1 N–H and O–H groups in total. The van der Waals surface area contributed by atoms with Crippen molar-refractivity contribution in [3.8, 4) is 11.5 Å². The number of benzene rings is 1. The minimum atomic E-state index is -3.32. The van der Waals surface area contributed by atoms with E-state index in [1.54, 1.807) is 0 Å². The van der Waals surface area contributed by atoms with E-state index in [1.165, 1.54) is 0 Å². The molecule has 2 nitrogen and oxygen atoms in total. The number of ether oxygens (including phenoxy) is 1. The van der Waals surface area contributed by atoms with E-state index in [0.29, 0.717) is 6.07 Å². The van der Waals surface area contributed by atoms with Gasteiger partial charge < -0.3 is 9.84 Å². The summed E-state index contributed by atoms with van der Waals surface area (Å²) in [5.74, 6) is -5.07. The fourth-order valence-corrected chi connectivity index (χ4v) is 0.723. The molecular weight excluding hydrogens is 192 g/mol. The van der Waals surface area contributed by atoms with Gasteiger partial charge in [-0.1, -0.05) is 0 Å². The van der Waals surface area contributed by atoms with Gasteiger partial charge in [-0.3, -0.25) is 0 Å². The molecule has 0 saturated carbocycles. The van der Waals surface area contributed by atoms with Crippen molar-refractivity contribution in [1.29, 1.82) is 0 Å². The van der Waals surface area contributed by atoms with E-state index in [9.17, 15) is 17.6 Å². The quantitative estimate of drug-likeness (QED) is 0.735. The summed E-state index contributed by atoms with van der Waals surface area (Å²) < 4.78 is 51.8. The van der Waals surface area contributed by atoms with Gasteiger partial charge in [-0.2, -0.15) is 13.2 Å². The van der Waals surface area contributed by atoms with Crippen LogP contribution in [0.3, 0.4) is 0 Å². The molecule has 0 spiro atoms. The zero-order valence-corrected chi connectivity index (χ0v) is 6.10. The molecule has 0 aromatic heterocycles. The smallest absolute Gasteiger partial charge is 0.387 e. The van der Waals surface area contributed by atoms with E-state index in [1.807, 2.05) is 0 Å². The molecule has 0 atom stereocenters. The van der Waals surface area contributed by atoms with E-state index < -0.39 is 29.7 Å². The molecule has 0 saturated heterocycles. The fourth-order valence-electron chi connectivity index (χ4n) is 0.723. The normalized spacial score (nSPS) is 10.5. The summed E-state index contributed by atoms with van der Waals surface area (Å²) in [6.45, 7) is -3.32. The molecule has 13 heavy (non-hydrogen) atoms. The largest absolute Gasteiger partial charge is 0.504 e. The van der Waals surface area contributed by atoms with Crippen LogP contribution in [0.1, 0.15) is 0 Å². The summed E-state index contributed by atoms with van der Waals surface area (Å²) in [4.78, 5) is 0. The van der Waals surface area contributed by atoms with Crippen LogP contribution < -0.4 is 4.74 Å². The maximum Gasteiger partial charge on any atom is 0.387 e. The molecule has 0 aliphatic carbocycles. The van der Waals surface area contributed by atoms with Crippen molar-refractivity contribution in [2.75, 3.05) is 0 Å². The zero-order chi connectivity index (χ0) is 10.0. The van der Waals surface area contributed by atoms with E-state index in [0.717, 1.165) is 6.07 Å². The molecule has 0 unspecified atom stereocenters. The van der Waals surface area contributed by atoms with Crippen LogP contribution in [0.4, 0.5) is 17.6 Å². The monoisotopic (exact) mass is 196 g/mol. The second-order valence-corrected chi connectivity index (χ2v) is 2.09. The number of phenolic OH excluding ortho intramolecular Hbond substituents is 1. The average molecular weight is 196 g/mol. The Morgan fingerprint density at radius 3 is 2.38 bits per heavy atom. The Kier molecular flexibility index (Phi) is 2.60. The highest BCUT2D eigenvalue weighted by Crippen LogP contribution is 2.31. The van der Waals surface area contributed by atoms with Crippen LogP contribution >= 0.6 is 0 Å². The van der Waals surface area contributed by atoms with Crippen molar-refractivity contribution < 1.29 is 27.4 Å². The third-order valence-corrected chi connectivity index (χ3v) is 1.24. The van der Waals surface area contributed by atoms with Gasteiger partial charge in [0.1, 0.15) is 0 Å². The minimum absolute atomic E-state index is 0.600. The first kappa shape index (κ1) is 9.63. The van der Waals surface area contributed by atoms with Crippen molar-refractivity contribution in [3.05, 3.63) is 23.8 Å². The lowest BCUT2D eigenvalue weighted by molar-refractivity contribution is -0.0540. The summed E-state index contributed by atoms with van der Waals surface area (Å²) in [7, 11) is 0. The Bertz CT molecular complexity index is 314. The molecule has 0 heterocycles. The van der Waals surface area contributed by atoms with Gasteiger partial charge in [0, 0.05) is 0 Å². The van der Waals surface area contributed by atoms with Crippen molar-refractivity contribution in [2.45, 2.75) is 6.61 Å². The topological polar surface area (TPSA) is 29.5 Å². The van der Waals surface area contributed by atoms with Crippen LogP contribution in [0.25, 0.3) is 0 Å². The number of rotatable bonds is 2. The standard InChI is InChI=1S/C7H4F4O2/c8-3-1-2-4(12)6(5(3)9)13-7(10)11/h1-2,7,12H. The van der Waals surface area contributed by atoms with Crippen LogP contribution in [0.5, 0.6) is 11.5 Å². The van der Waals surface area contributed by atoms with Gasteiger partial charge in [-0.05, 0) is 12.1 Å². The van der Waals surface area contributed by atoms with Crippen molar-refractivity contribution in [1.82, 2.24) is 0 Å². The Labute approximate surface area is 70.4 Å². The average Bonchev–Trinajstić information content (AvgIpc) is 2.05. The molecule has 0 amide bonds. The first-order valence-electron chi connectivity index (χ1n) is 3.14. The SMILES string of the molecule is Oc1ccc(F)c(F)c1OC(F)F. The van der Waals surface area contributed by atoms with Crippen LogP contribution in [0.2, 0.25) is 0 Å². The molecule has 72 valence electrons.